The van der Waals surface area contributed by atoms with Gasteiger partial charge in [0.2, 0.25) is 0 Å². The zero-order valence-corrected chi connectivity index (χ0v) is 9.91. The SMILES string of the molecule is CCN(CC)C(=O)c1ccc(Br)cn1. The van der Waals surface area contributed by atoms with Gasteiger partial charge in [0.25, 0.3) is 5.91 Å². The Morgan fingerprint density at radius 3 is 2.50 bits per heavy atom. The number of amides is 1. The highest BCUT2D eigenvalue weighted by molar-refractivity contribution is 9.10. The van der Waals surface area contributed by atoms with E-state index in [1.807, 2.05) is 19.9 Å². The summed E-state index contributed by atoms with van der Waals surface area (Å²) in [6, 6.07) is 3.55. The predicted molar refractivity (Wildman–Crippen MR) is 59.2 cm³/mol. The van der Waals surface area contributed by atoms with Gasteiger partial charge < -0.3 is 4.90 Å². The van der Waals surface area contributed by atoms with E-state index in [-0.39, 0.29) is 5.91 Å². The summed E-state index contributed by atoms with van der Waals surface area (Å²) < 4.78 is 0.883. The molecule has 3 nitrogen and oxygen atoms in total. The summed E-state index contributed by atoms with van der Waals surface area (Å²) in [5.74, 6) is -0.0116. The predicted octanol–water partition coefficient (Wildman–Crippen LogP) is 2.33. The molecule has 0 radical (unpaired) electrons. The first-order valence-electron chi connectivity index (χ1n) is 4.59. The van der Waals surface area contributed by atoms with Gasteiger partial charge in [0.05, 0.1) is 0 Å². The highest BCUT2D eigenvalue weighted by atomic mass is 79.9. The third kappa shape index (κ3) is 2.54. The fourth-order valence-corrected chi connectivity index (χ4v) is 1.41. The van der Waals surface area contributed by atoms with Gasteiger partial charge in [0.1, 0.15) is 5.69 Å². The molecular formula is C10H13BrN2O. The molecule has 0 aliphatic carbocycles. The molecule has 0 bridgehead atoms. The summed E-state index contributed by atoms with van der Waals surface area (Å²) in [6.45, 7) is 5.35. The fourth-order valence-electron chi connectivity index (χ4n) is 1.18. The van der Waals surface area contributed by atoms with Crippen molar-refractivity contribution in [1.29, 1.82) is 0 Å². The molecule has 0 saturated heterocycles. The van der Waals surface area contributed by atoms with Crippen molar-refractivity contribution in [3.63, 3.8) is 0 Å². The van der Waals surface area contributed by atoms with Crippen molar-refractivity contribution in [2.75, 3.05) is 13.1 Å². The molecule has 4 heteroatoms. The topological polar surface area (TPSA) is 33.2 Å². The smallest absolute Gasteiger partial charge is 0.272 e. The van der Waals surface area contributed by atoms with Crippen molar-refractivity contribution in [2.45, 2.75) is 13.8 Å². The molecular weight excluding hydrogens is 244 g/mol. The van der Waals surface area contributed by atoms with Crippen LogP contribution in [0, 0.1) is 0 Å². The number of hydrogen-bond donors (Lipinski definition) is 0. The molecule has 0 aliphatic rings. The highest BCUT2D eigenvalue weighted by Crippen LogP contribution is 2.09. The molecule has 1 amide bonds. The lowest BCUT2D eigenvalue weighted by molar-refractivity contribution is 0.0767. The molecule has 1 heterocycles. The van der Waals surface area contributed by atoms with Crippen molar-refractivity contribution in [2.24, 2.45) is 0 Å². The van der Waals surface area contributed by atoms with Crippen LogP contribution in [0.15, 0.2) is 22.8 Å². The average Bonchev–Trinajstić information content (AvgIpc) is 2.20. The Hall–Kier alpha value is -0.900. The molecule has 0 atom stereocenters. The molecule has 0 spiro atoms. The van der Waals surface area contributed by atoms with Gasteiger partial charge in [0.15, 0.2) is 0 Å². The van der Waals surface area contributed by atoms with Crippen LogP contribution in [-0.2, 0) is 0 Å². The van der Waals surface area contributed by atoms with E-state index in [0.717, 1.165) is 4.47 Å². The van der Waals surface area contributed by atoms with Gasteiger partial charge in [0, 0.05) is 23.8 Å². The van der Waals surface area contributed by atoms with E-state index in [1.54, 1.807) is 17.2 Å². The Bertz CT molecular complexity index is 306. The molecule has 0 fully saturated rings. The van der Waals surface area contributed by atoms with E-state index in [1.165, 1.54) is 0 Å². The van der Waals surface area contributed by atoms with Crippen molar-refractivity contribution >= 4 is 21.8 Å². The van der Waals surface area contributed by atoms with Crippen molar-refractivity contribution in [3.8, 4) is 0 Å². The van der Waals surface area contributed by atoms with E-state index in [9.17, 15) is 4.79 Å². The Labute approximate surface area is 92.3 Å². The van der Waals surface area contributed by atoms with E-state index < -0.39 is 0 Å². The molecule has 1 aromatic heterocycles. The summed E-state index contributed by atoms with van der Waals surface area (Å²) in [5.41, 5.74) is 0.497. The number of carbonyl (C=O) groups excluding carboxylic acids is 1. The normalized spacial score (nSPS) is 9.93. The second kappa shape index (κ2) is 5.10. The minimum atomic E-state index is -0.0116. The number of rotatable bonds is 3. The van der Waals surface area contributed by atoms with Gasteiger partial charge in [-0.05, 0) is 41.9 Å². The third-order valence-electron chi connectivity index (χ3n) is 2.00. The van der Waals surface area contributed by atoms with E-state index in [2.05, 4.69) is 20.9 Å². The van der Waals surface area contributed by atoms with Crippen molar-refractivity contribution in [1.82, 2.24) is 9.88 Å². The van der Waals surface area contributed by atoms with Crippen LogP contribution < -0.4 is 0 Å². The lowest BCUT2D eigenvalue weighted by atomic mass is 10.3. The van der Waals surface area contributed by atoms with Gasteiger partial charge in [-0.2, -0.15) is 0 Å². The molecule has 0 aliphatic heterocycles. The lowest BCUT2D eigenvalue weighted by Gasteiger charge is -2.17. The average molecular weight is 257 g/mol. The molecule has 0 N–H and O–H groups in total. The maximum Gasteiger partial charge on any atom is 0.272 e. The monoisotopic (exact) mass is 256 g/mol. The zero-order chi connectivity index (χ0) is 10.6. The Morgan fingerprint density at radius 1 is 1.43 bits per heavy atom. The van der Waals surface area contributed by atoms with Crippen LogP contribution in [0.2, 0.25) is 0 Å². The van der Waals surface area contributed by atoms with E-state index in [4.69, 9.17) is 0 Å². The lowest BCUT2D eigenvalue weighted by Crippen LogP contribution is -2.31. The van der Waals surface area contributed by atoms with Gasteiger partial charge in [-0.25, -0.2) is 4.98 Å². The minimum Gasteiger partial charge on any atom is -0.338 e. The quantitative estimate of drug-likeness (QED) is 0.832. The van der Waals surface area contributed by atoms with E-state index in [0.29, 0.717) is 18.8 Å². The summed E-state index contributed by atoms with van der Waals surface area (Å²) in [6.07, 6.45) is 1.64. The first-order valence-corrected chi connectivity index (χ1v) is 5.39. The maximum absolute atomic E-state index is 11.8. The van der Waals surface area contributed by atoms with Crippen molar-refractivity contribution in [3.05, 3.63) is 28.5 Å². The summed E-state index contributed by atoms with van der Waals surface area (Å²) in [7, 11) is 0. The third-order valence-corrected chi connectivity index (χ3v) is 2.47. The van der Waals surface area contributed by atoms with Crippen LogP contribution >= 0.6 is 15.9 Å². The molecule has 1 rings (SSSR count). The molecule has 76 valence electrons. The summed E-state index contributed by atoms with van der Waals surface area (Å²) in [5, 5.41) is 0. The first-order chi connectivity index (χ1) is 6.69. The zero-order valence-electron chi connectivity index (χ0n) is 8.33. The molecule has 1 aromatic rings. The van der Waals surface area contributed by atoms with E-state index >= 15 is 0 Å². The van der Waals surface area contributed by atoms with Gasteiger partial charge in [-0.1, -0.05) is 0 Å². The van der Waals surface area contributed by atoms with Crippen LogP contribution in [-0.4, -0.2) is 28.9 Å². The Kier molecular flexibility index (Phi) is 4.07. The first kappa shape index (κ1) is 11.2. The van der Waals surface area contributed by atoms with Crippen LogP contribution in [0.4, 0.5) is 0 Å². The second-order valence-corrected chi connectivity index (χ2v) is 3.75. The fraction of sp³-hybridized carbons (Fsp3) is 0.400. The Balaban J connectivity index is 2.83. The Morgan fingerprint density at radius 2 is 2.07 bits per heavy atom. The van der Waals surface area contributed by atoms with Gasteiger partial charge >= 0.3 is 0 Å². The van der Waals surface area contributed by atoms with Crippen molar-refractivity contribution < 1.29 is 4.79 Å². The number of pyridine rings is 1. The van der Waals surface area contributed by atoms with Crippen LogP contribution in [0.5, 0.6) is 0 Å². The molecule has 0 unspecified atom stereocenters. The number of hydrogen-bond acceptors (Lipinski definition) is 2. The second-order valence-electron chi connectivity index (χ2n) is 2.84. The number of carbonyl (C=O) groups is 1. The number of nitrogens with zero attached hydrogens (tertiary/aromatic N) is 2. The standard InChI is InChI=1S/C10H13BrN2O/c1-3-13(4-2)10(14)9-6-5-8(11)7-12-9/h5-7H,3-4H2,1-2H3. The summed E-state index contributed by atoms with van der Waals surface area (Å²) >= 11 is 3.28. The minimum absolute atomic E-state index is 0.0116. The number of aromatic nitrogens is 1. The molecule has 14 heavy (non-hydrogen) atoms. The molecule has 0 aromatic carbocycles. The van der Waals surface area contributed by atoms with Crippen LogP contribution in [0.25, 0.3) is 0 Å². The summed E-state index contributed by atoms with van der Waals surface area (Å²) in [4.78, 5) is 17.6. The van der Waals surface area contributed by atoms with Gasteiger partial charge in [-0.15, -0.1) is 0 Å². The highest BCUT2D eigenvalue weighted by Gasteiger charge is 2.12. The number of halogens is 1. The molecule has 0 saturated carbocycles. The van der Waals surface area contributed by atoms with Gasteiger partial charge in [-0.3, -0.25) is 4.79 Å². The largest absolute Gasteiger partial charge is 0.338 e. The van der Waals surface area contributed by atoms with Crippen LogP contribution in [0.1, 0.15) is 24.3 Å². The maximum atomic E-state index is 11.8. The van der Waals surface area contributed by atoms with Crippen LogP contribution in [0.3, 0.4) is 0 Å².